The summed E-state index contributed by atoms with van der Waals surface area (Å²) in [6.45, 7) is 16.2. The van der Waals surface area contributed by atoms with Crippen molar-refractivity contribution in [1.82, 2.24) is 15.6 Å². The Bertz CT molecular complexity index is 1620. The van der Waals surface area contributed by atoms with Crippen LogP contribution in [0.3, 0.4) is 0 Å². The number of phenols is 1. The molecule has 4 rings (SSSR count). The quantitative estimate of drug-likeness (QED) is 0.126. The predicted molar refractivity (Wildman–Crippen MR) is 193 cm³/mol. The smallest absolute Gasteiger partial charge is 0.307 e. The SMILES string of the molecule is C=C(C)N(CCCC(=O)NCC(=O)NC(CC(=O)OC)c1ccc(-c2ccc(O)c3sccc23)cc1)c1cc(C)ccn1.CC.CC. The van der Waals surface area contributed by atoms with Gasteiger partial charge in [-0.15, -0.1) is 11.3 Å². The van der Waals surface area contributed by atoms with Crippen LogP contribution in [0.4, 0.5) is 5.82 Å². The number of amides is 2. The van der Waals surface area contributed by atoms with Gasteiger partial charge in [0.1, 0.15) is 11.6 Å². The van der Waals surface area contributed by atoms with Crippen molar-refractivity contribution in [3.05, 3.63) is 89.6 Å². The number of allylic oxidation sites excluding steroid dienone is 1. The fourth-order valence-electron chi connectivity index (χ4n) is 4.78. The normalized spacial score (nSPS) is 10.8. The number of carbonyl (C=O) groups excluding carboxylic acids is 3. The van der Waals surface area contributed by atoms with E-state index < -0.39 is 17.9 Å². The van der Waals surface area contributed by atoms with Crippen molar-refractivity contribution < 1.29 is 24.2 Å². The van der Waals surface area contributed by atoms with Crippen molar-refractivity contribution >= 4 is 45.0 Å². The molecule has 0 fully saturated rings. The first-order valence-electron chi connectivity index (χ1n) is 15.9. The first-order chi connectivity index (χ1) is 22.7. The summed E-state index contributed by atoms with van der Waals surface area (Å²) in [6.07, 6.45) is 2.45. The van der Waals surface area contributed by atoms with Crippen LogP contribution < -0.4 is 15.5 Å². The van der Waals surface area contributed by atoms with Crippen molar-refractivity contribution in [2.45, 2.75) is 66.8 Å². The van der Waals surface area contributed by atoms with Crippen molar-refractivity contribution in [3.63, 3.8) is 0 Å². The number of phenolic OH excluding ortho intramolecular Hbond substituents is 1. The molecule has 0 aliphatic heterocycles. The fraction of sp³-hybridized carbons (Fsp3) is 0.351. The maximum atomic E-state index is 12.8. The number of methoxy groups -OCH3 is 1. The zero-order valence-corrected chi connectivity index (χ0v) is 29.4. The number of carbonyl (C=O) groups is 3. The summed E-state index contributed by atoms with van der Waals surface area (Å²) in [4.78, 5) is 43.8. The minimum absolute atomic E-state index is 0.0622. The van der Waals surface area contributed by atoms with E-state index in [2.05, 4.69) is 22.2 Å². The zero-order valence-electron chi connectivity index (χ0n) is 28.6. The number of benzene rings is 2. The highest BCUT2D eigenvalue weighted by Gasteiger charge is 2.20. The van der Waals surface area contributed by atoms with E-state index in [4.69, 9.17) is 4.74 Å². The number of esters is 1. The lowest BCUT2D eigenvalue weighted by Crippen LogP contribution is -2.39. The van der Waals surface area contributed by atoms with Gasteiger partial charge >= 0.3 is 5.97 Å². The molecule has 0 aliphatic rings. The van der Waals surface area contributed by atoms with E-state index in [1.54, 1.807) is 12.3 Å². The second-order valence-electron chi connectivity index (χ2n) is 10.3. The summed E-state index contributed by atoms with van der Waals surface area (Å²) in [7, 11) is 1.30. The third-order valence-electron chi connectivity index (χ3n) is 7.02. The van der Waals surface area contributed by atoms with E-state index in [-0.39, 0.29) is 31.0 Å². The Hall–Kier alpha value is -4.70. The van der Waals surface area contributed by atoms with Crippen LogP contribution in [0.1, 0.15) is 71.0 Å². The second-order valence-corrected chi connectivity index (χ2v) is 11.2. The summed E-state index contributed by atoms with van der Waals surface area (Å²) in [6, 6.07) is 16.3. The summed E-state index contributed by atoms with van der Waals surface area (Å²) in [5.74, 6) is -0.123. The summed E-state index contributed by atoms with van der Waals surface area (Å²) >= 11 is 1.47. The molecule has 2 heterocycles. The van der Waals surface area contributed by atoms with E-state index in [0.29, 0.717) is 13.0 Å². The third-order valence-corrected chi connectivity index (χ3v) is 7.96. The summed E-state index contributed by atoms with van der Waals surface area (Å²) in [5.41, 5.74) is 4.53. The summed E-state index contributed by atoms with van der Waals surface area (Å²) in [5, 5.41) is 18.5. The van der Waals surface area contributed by atoms with Crippen LogP contribution in [0, 0.1) is 6.92 Å². The Morgan fingerprint density at radius 2 is 1.72 bits per heavy atom. The molecule has 0 bridgehead atoms. The van der Waals surface area contributed by atoms with Gasteiger partial charge in [-0.05, 0) is 78.2 Å². The molecule has 0 saturated heterocycles. The molecule has 2 aromatic carbocycles. The minimum Gasteiger partial charge on any atom is -0.506 e. The molecule has 10 heteroatoms. The number of ether oxygens (including phenoxy) is 1. The number of aromatic hydroxyl groups is 1. The molecule has 2 amide bonds. The fourth-order valence-corrected chi connectivity index (χ4v) is 5.61. The van der Waals surface area contributed by atoms with Crippen LogP contribution in [0.5, 0.6) is 5.75 Å². The number of thiophene rings is 1. The average molecular weight is 661 g/mol. The number of rotatable bonds is 13. The van der Waals surface area contributed by atoms with Gasteiger partial charge in [0.05, 0.1) is 30.8 Å². The second kappa shape index (κ2) is 19.7. The van der Waals surface area contributed by atoms with E-state index in [0.717, 1.165) is 43.9 Å². The number of aromatic nitrogens is 1. The lowest BCUT2D eigenvalue weighted by molar-refractivity contribution is -0.141. The highest BCUT2D eigenvalue weighted by Crippen LogP contribution is 2.37. The monoisotopic (exact) mass is 660 g/mol. The van der Waals surface area contributed by atoms with Crippen molar-refractivity contribution in [3.8, 4) is 16.9 Å². The topological polar surface area (TPSA) is 121 Å². The first-order valence-corrected chi connectivity index (χ1v) is 16.8. The molecule has 1 atom stereocenters. The first kappa shape index (κ1) is 38.5. The third kappa shape index (κ3) is 11.2. The molecule has 9 nitrogen and oxygen atoms in total. The van der Waals surface area contributed by atoms with E-state index in [1.807, 2.05) is 100 Å². The Balaban J connectivity index is 0.00000185. The van der Waals surface area contributed by atoms with Gasteiger partial charge in [0.25, 0.3) is 0 Å². The average Bonchev–Trinajstić information content (AvgIpc) is 3.58. The van der Waals surface area contributed by atoms with Gasteiger partial charge in [0, 0.05) is 30.2 Å². The van der Waals surface area contributed by atoms with E-state index in [1.165, 1.54) is 18.4 Å². The lowest BCUT2D eigenvalue weighted by atomic mass is 9.97. The Labute approximate surface area is 282 Å². The maximum Gasteiger partial charge on any atom is 0.307 e. The summed E-state index contributed by atoms with van der Waals surface area (Å²) < 4.78 is 5.66. The van der Waals surface area contributed by atoms with Gasteiger partial charge in [-0.2, -0.15) is 0 Å². The molecule has 0 aliphatic carbocycles. The maximum absolute atomic E-state index is 12.8. The minimum atomic E-state index is -0.641. The molecule has 0 radical (unpaired) electrons. The molecular formula is C37H48N4O5S. The van der Waals surface area contributed by atoms with Crippen molar-refractivity contribution in [2.24, 2.45) is 0 Å². The van der Waals surface area contributed by atoms with Crippen molar-refractivity contribution in [2.75, 3.05) is 25.1 Å². The number of anilines is 1. The molecule has 0 saturated carbocycles. The number of hydrogen-bond donors (Lipinski definition) is 3. The number of pyridine rings is 1. The van der Waals surface area contributed by atoms with Crippen molar-refractivity contribution in [1.29, 1.82) is 0 Å². The van der Waals surface area contributed by atoms with Gasteiger partial charge < -0.3 is 25.4 Å². The molecule has 2 aromatic heterocycles. The van der Waals surface area contributed by atoms with E-state index in [9.17, 15) is 19.5 Å². The largest absolute Gasteiger partial charge is 0.506 e. The van der Waals surface area contributed by atoms with Gasteiger partial charge in [-0.25, -0.2) is 4.98 Å². The lowest BCUT2D eigenvalue weighted by Gasteiger charge is -2.24. The predicted octanol–water partition coefficient (Wildman–Crippen LogP) is 7.69. The van der Waals surface area contributed by atoms with E-state index >= 15 is 0 Å². The molecular weight excluding hydrogens is 612 g/mol. The highest BCUT2D eigenvalue weighted by molar-refractivity contribution is 7.17. The number of aryl methyl sites for hydroxylation is 1. The molecule has 3 N–H and O–H groups in total. The van der Waals surface area contributed by atoms with Crippen LogP contribution in [-0.2, 0) is 19.1 Å². The number of nitrogens with zero attached hydrogens (tertiary/aromatic N) is 2. The Morgan fingerprint density at radius 1 is 1.02 bits per heavy atom. The van der Waals surface area contributed by atoms with Crippen LogP contribution in [0.25, 0.3) is 21.2 Å². The van der Waals surface area contributed by atoms with Gasteiger partial charge in [0.15, 0.2) is 0 Å². The van der Waals surface area contributed by atoms with Gasteiger partial charge in [-0.1, -0.05) is 58.5 Å². The van der Waals surface area contributed by atoms with Gasteiger partial charge in [-0.3, -0.25) is 14.4 Å². The molecule has 4 aromatic rings. The highest BCUT2D eigenvalue weighted by atomic mass is 32.1. The standard InChI is InChI=1S/C33H36N4O5S.2C2H6/c1-21(2)37(29-18-22(3)13-15-34-29)16-5-6-30(39)35-20-31(40)36-27(19-32(41)42-4)24-9-7-23(8-10-24)25-11-12-28(38)33-26(25)14-17-43-33;2*1-2/h7-15,17-18,27,38H,1,5-6,16,19-20H2,2-4H3,(H,35,39)(H,36,40);2*1-2H3. The van der Waals surface area contributed by atoms with Crippen LogP contribution >= 0.6 is 11.3 Å². The van der Waals surface area contributed by atoms with Crippen LogP contribution in [0.2, 0.25) is 0 Å². The number of fused-ring (bicyclic) bond motifs is 1. The molecule has 47 heavy (non-hydrogen) atoms. The van der Waals surface area contributed by atoms with Crippen LogP contribution in [0.15, 0.2) is 78.5 Å². The molecule has 0 spiro atoms. The van der Waals surface area contributed by atoms with Crippen LogP contribution in [-0.4, -0.2) is 48.1 Å². The number of nitrogens with one attached hydrogen (secondary N) is 2. The molecule has 252 valence electrons. The zero-order chi connectivity index (χ0) is 34.9. The Kier molecular flexibility index (Phi) is 16.2. The Morgan fingerprint density at radius 3 is 2.36 bits per heavy atom. The molecule has 1 unspecified atom stereocenters. The number of hydrogen-bond acceptors (Lipinski definition) is 8. The van der Waals surface area contributed by atoms with Gasteiger partial charge in [0.2, 0.25) is 11.8 Å².